The maximum atomic E-state index is 11.8. The minimum atomic E-state index is -0.430. The van der Waals surface area contributed by atoms with Gasteiger partial charge in [0, 0.05) is 37.4 Å². The zero-order valence-electron chi connectivity index (χ0n) is 13.3. The van der Waals surface area contributed by atoms with E-state index in [9.17, 15) is 4.79 Å². The van der Waals surface area contributed by atoms with Gasteiger partial charge in [0.2, 0.25) is 0 Å². The maximum absolute atomic E-state index is 11.8. The number of hydrogen-bond donors (Lipinski definition) is 2. The molecule has 118 valence electrons. The molecule has 1 aromatic heterocycles. The van der Waals surface area contributed by atoms with Gasteiger partial charge in [-0.1, -0.05) is 12.1 Å². The lowest BCUT2D eigenvalue weighted by Gasteiger charge is -2.40. The maximum Gasteiger partial charge on any atom is 0.410 e. The molecule has 1 aromatic carbocycles. The molecule has 5 nitrogen and oxygen atoms in total. The summed E-state index contributed by atoms with van der Waals surface area (Å²) in [5.41, 5.74) is 1.97. The van der Waals surface area contributed by atoms with Crippen LogP contribution in [0.3, 0.4) is 0 Å². The molecule has 0 aliphatic carbocycles. The number of benzene rings is 1. The molecule has 0 bridgehead atoms. The van der Waals surface area contributed by atoms with E-state index in [1.165, 1.54) is 10.9 Å². The Morgan fingerprint density at radius 2 is 2.14 bits per heavy atom. The molecule has 1 aliphatic rings. The molecular formula is C17H23N3O2. The number of likely N-dealkylation sites (tertiary alicyclic amines) is 1. The summed E-state index contributed by atoms with van der Waals surface area (Å²) in [6.07, 6.45) is 1.73. The van der Waals surface area contributed by atoms with Crippen molar-refractivity contribution in [2.75, 3.05) is 13.1 Å². The summed E-state index contributed by atoms with van der Waals surface area (Å²) in [4.78, 5) is 16.8. The Morgan fingerprint density at radius 3 is 2.86 bits per heavy atom. The molecular weight excluding hydrogens is 278 g/mol. The summed E-state index contributed by atoms with van der Waals surface area (Å²) < 4.78 is 5.35. The normalized spacial score (nSPS) is 15.9. The average molecular weight is 301 g/mol. The van der Waals surface area contributed by atoms with Crippen LogP contribution in [-0.4, -0.2) is 40.7 Å². The number of hydrogen-bond acceptors (Lipinski definition) is 3. The van der Waals surface area contributed by atoms with Crippen molar-refractivity contribution < 1.29 is 9.53 Å². The molecule has 2 heterocycles. The predicted octanol–water partition coefficient (Wildman–Crippen LogP) is 2.88. The van der Waals surface area contributed by atoms with E-state index in [2.05, 4.69) is 34.6 Å². The zero-order chi connectivity index (χ0) is 15.7. The van der Waals surface area contributed by atoms with Crippen LogP contribution in [0.5, 0.6) is 0 Å². The highest BCUT2D eigenvalue weighted by Gasteiger charge is 2.33. The number of H-pyrrole nitrogens is 1. The van der Waals surface area contributed by atoms with Gasteiger partial charge >= 0.3 is 6.09 Å². The molecule has 1 amide bonds. The van der Waals surface area contributed by atoms with Gasteiger partial charge in [-0.3, -0.25) is 0 Å². The van der Waals surface area contributed by atoms with Crippen LogP contribution in [0.1, 0.15) is 26.3 Å². The highest BCUT2D eigenvalue weighted by atomic mass is 16.6. The average Bonchev–Trinajstić information content (AvgIpc) is 2.81. The Morgan fingerprint density at radius 1 is 1.36 bits per heavy atom. The van der Waals surface area contributed by atoms with Gasteiger partial charge in [-0.25, -0.2) is 4.79 Å². The monoisotopic (exact) mass is 301 g/mol. The standard InChI is InChI=1S/C17H23N3O2/c1-17(2,3)22-16(21)20-10-14(11-20)19-9-12-4-5-13-6-7-18-15(13)8-12/h4-8,14,18-19H,9-11H2,1-3H3. The minimum absolute atomic E-state index is 0.224. The van der Waals surface area contributed by atoms with Crippen LogP contribution in [0.4, 0.5) is 4.79 Å². The summed E-state index contributed by atoms with van der Waals surface area (Å²) in [6, 6.07) is 8.82. The van der Waals surface area contributed by atoms with Crippen molar-refractivity contribution in [3.8, 4) is 0 Å². The second-order valence-electron chi connectivity index (χ2n) is 6.86. The number of nitrogens with zero attached hydrogens (tertiary/aromatic N) is 1. The number of ether oxygens (including phenoxy) is 1. The summed E-state index contributed by atoms with van der Waals surface area (Å²) in [5, 5.41) is 4.70. The Kier molecular flexibility index (Phi) is 3.83. The molecule has 0 spiro atoms. The number of rotatable bonds is 3. The number of amides is 1. The third-order valence-corrected chi connectivity index (χ3v) is 3.75. The lowest BCUT2D eigenvalue weighted by atomic mass is 10.1. The van der Waals surface area contributed by atoms with Crippen LogP contribution in [0.25, 0.3) is 10.9 Å². The second-order valence-corrected chi connectivity index (χ2v) is 6.86. The Balaban J connectivity index is 1.45. The zero-order valence-corrected chi connectivity index (χ0v) is 13.3. The first-order valence-corrected chi connectivity index (χ1v) is 7.68. The molecule has 1 fully saturated rings. The third-order valence-electron chi connectivity index (χ3n) is 3.75. The quantitative estimate of drug-likeness (QED) is 0.916. The van der Waals surface area contributed by atoms with E-state index in [-0.39, 0.29) is 6.09 Å². The molecule has 3 rings (SSSR count). The summed E-state index contributed by atoms with van der Waals surface area (Å²) >= 11 is 0. The minimum Gasteiger partial charge on any atom is -0.444 e. The van der Waals surface area contributed by atoms with Crippen LogP contribution in [0, 0.1) is 0 Å². The van der Waals surface area contributed by atoms with E-state index in [0.29, 0.717) is 19.1 Å². The van der Waals surface area contributed by atoms with Crippen molar-refractivity contribution in [1.29, 1.82) is 0 Å². The van der Waals surface area contributed by atoms with E-state index < -0.39 is 5.60 Å². The number of aromatic amines is 1. The number of fused-ring (bicyclic) bond motifs is 1. The Bertz CT molecular complexity index is 666. The van der Waals surface area contributed by atoms with E-state index in [4.69, 9.17) is 4.74 Å². The van der Waals surface area contributed by atoms with Gasteiger partial charge < -0.3 is 19.9 Å². The van der Waals surface area contributed by atoms with Gasteiger partial charge in [0.15, 0.2) is 0 Å². The number of carbonyl (C=O) groups is 1. The van der Waals surface area contributed by atoms with Crippen molar-refractivity contribution in [3.05, 3.63) is 36.0 Å². The molecule has 2 aromatic rings. The molecule has 0 saturated carbocycles. The van der Waals surface area contributed by atoms with Gasteiger partial charge in [-0.2, -0.15) is 0 Å². The molecule has 0 radical (unpaired) electrons. The summed E-state index contributed by atoms with van der Waals surface area (Å²) in [5.74, 6) is 0. The SMILES string of the molecule is CC(C)(C)OC(=O)N1CC(NCc2ccc3cc[nH]c3c2)C1. The first-order chi connectivity index (χ1) is 10.4. The number of nitrogens with one attached hydrogen (secondary N) is 2. The van der Waals surface area contributed by atoms with Gasteiger partial charge in [-0.05, 0) is 43.9 Å². The first-order valence-electron chi connectivity index (χ1n) is 7.68. The third kappa shape index (κ3) is 3.42. The fourth-order valence-corrected chi connectivity index (χ4v) is 2.55. The fraction of sp³-hybridized carbons (Fsp3) is 0.471. The van der Waals surface area contributed by atoms with E-state index in [1.807, 2.05) is 27.0 Å². The highest BCUT2D eigenvalue weighted by molar-refractivity contribution is 5.79. The highest BCUT2D eigenvalue weighted by Crippen LogP contribution is 2.17. The Hall–Kier alpha value is -2.01. The molecule has 1 aliphatic heterocycles. The van der Waals surface area contributed by atoms with Gasteiger partial charge in [0.05, 0.1) is 0 Å². The molecule has 22 heavy (non-hydrogen) atoms. The van der Waals surface area contributed by atoms with Crippen LogP contribution >= 0.6 is 0 Å². The summed E-state index contributed by atoms with van der Waals surface area (Å²) in [7, 11) is 0. The second kappa shape index (κ2) is 5.65. The fourth-order valence-electron chi connectivity index (χ4n) is 2.55. The molecule has 0 atom stereocenters. The smallest absolute Gasteiger partial charge is 0.410 e. The summed E-state index contributed by atoms with van der Waals surface area (Å²) in [6.45, 7) is 7.88. The van der Waals surface area contributed by atoms with Crippen LogP contribution in [0.2, 0.25) is 0 Å². The predicted molar refractivity (Wildman–Crippen MR) is 86.7 cm³/mol. The van der Waals surface area contributed by atoms with Gasteiger partial charge in [0.25, 0.3) is 0 Å². The first kappa shape index (κ1) is 14.9. The van der Waals surface area contributed by atoms with Gasteiger partial charge in [0.1, 0.15) is 5.60 Å². The number of carbonyl (C=O) groups excluding carboxylic acids is 1. The van der Waals surface area contributed by atoms with E-state index in [1.54, 1.807) is 4.90 Å². The molecule has 1 saturated heterocycles. The van der Waals surface area contributed by atoms with Crippen molar-refractivity contribution in [1.82, 2.24) is 15.2 Å². The lowest BCUT2D eigenvalue weighted by Crippen LogP contribution is -2.60. The van der Waals surface area contributed by atoms with Crippen molar-refractivity contribution in [2.24, 2.45) is 0 Å². The van der Waals surface area contributed by atoms with Gasteiger partial charge in [-0.15, -0.1) is 0 Å². The molecule has 2 N–H and O–H groups in total. The Labute approximate surface area is 130 Å². The van der Waals surface area contributed by atoms with Crippen LogP contribution < -0.4 is 5.32 Å². The number of aromatic nitrogens is 1. The topological polar surface area (TPSA) is 57.4 Å². The lowest BCUT2D eigenvalue weighted by molar-refractivity contribution is 0.00519. The molecule has 5 heteroatoms. The van der Waals surface area contributed by atoms with Crippen molar-refractivity contribution in [2.45, 2.75) is 39.0 Å². The van der Waals surface area contributed by atoms with Crippen LogP contribution in [-0.2, 0) is 11.3 Å². The van der Waals surface area contributed by atoms with Crippen LogP contribution in [0.15, 0.2) is 30.5 Å². The van der Waals surface area contributed by atoms with Crippen molar-refractivity contribution >= 4 is 17.0 Å². The van der Waals surface area contributed by atoms with Crippen molar-refractivity contribution in [3.63, 3.8) is 0 Å². The van der Waals surface area contributed by atoms with E-state index >= 15 is 0 Å². The molecule has 0 unspecified atom stereocenters. The largest absolute Gasteiger partial charge is 0.444 e. The van der Waals surface area contributed by atoms with E-state index in [0.717, 1.165) is 12.1 Å².